The first-order valence-corrected chi connectivity index (χ1v) is 8.73. The molecule has 1 aromatic carbocycles. The van der Waals surface area contributed by atoms with Gasteiger partial charge in [0.1, 0.15) is 16.6 Å². The van der Waals surface area contributed by atoms with Crippen molar-refractivity contribution in [2.75, 3.05) is 7.11 Å². The third kappa shape index (κ3) is 3.19. The van der Waals surface area contributed by atoms with Crippen molar-refractivity contribution in [3.63, 3.8) is 0 Å². The molecule has 128 valence electrons. The molecule has 26 heavy (non-hydrogen) atoms. The van der Waals surface area contributed by atoms with Gasteiger partial charge < -0.3 is 4.74 Å². The second-order valence-corrected chi connectivity index (χ2v) is 6.55. The van der Waals surface area contributed by atoms with Crippen LogP contribution in [0.25, 0.3) is 32.3 Å². The summed E-state index contributed by atoms with van der Waals surface area (Å²) in [7, 11) is 1.61. The Bertz CT molecular complexity index is 1030. The average molecular weight is 363 g/mol. The van der Waals surface area contributed by atoms with Gasteiger partial charge in [-0.25, -0.2) is 9.37 Å². The number of thiazole rings is 1. The van der Waals surface area contributed by atoms with Crippen molar-refractivity contribution in [3.8, 4) is 38.0 Å². The molecule has 0 N–H and O–H groups in total. The Kier molecular flexibility index (Phi) is 4.41. The second-order valence-electron chi connectivity index (χ2n) is 5.55. The number of pyridine rings is 2. The van der Waals surface area contributed by atoms with Crippen LogP contribution in [0.3, 0.4) is 0 Å². The lowest BCUT2D eigenvalue weighted by Gasteiger charge is -2.04. The number of nitrogens with zero attached hydrogens (tertiary/aromatic N) is 3. The fourth-order valence-corrected chi connectivity index (χ4v) is 3.69. The van der Waals surface area contributed by atoms with Gasteiger partial charge in [0.15, 0.2) is 0 Å². The predicted molar refractivity (Wildman–Crippen MR) is 101 cm³/mol. The minimum Gasteiger partial charge on any atom is -0.495 e. The molecule has 0 aliphatic rings. The highest BCUT2D eigenvalue weighted by molar-refractivity contribution is 7.19. The van der Waals surface area contributed by atoms with Gasteiger partial charge in [0, 0.05) is 29.7 Å². The molecule has 3 heterocycles. The molecule has 0 saturated carbocycles. The molecule has 0 aliphatic carbocycles. The third-order valence-electron chi connectivity index (χ3n) is 3.88. The Balaban J connectivity index is 1.89. The summed E-state index contributed by atoms with van der Waals surface area (Å²) in [4.78, 5) is 14.1. The number of rotatable bonds is 4. The molecule has 0 spiro atoms. The molecular weight excluding hydrogens is 349 g/mol. The molecule has 4 aromatic rings. The maximum atomic E-state index is 13.3. The summed E-state index contributed by atoms with van der Waals surface area (Å²) in [6.45, 7) is 0. The van der Waals surface area contributed by atoms with Crippen LogP contribution in [0.1, 0.15) is 0 Å². The number of aromatic nitrogens is 3. The second kappa shape index (κ2) is 7.01. The number of hydrogen-bond donors (Lipinski definition) is 0. The Hall–Kier alpha value is -3.12. The number of halogens is 1. The van der Waals surface area contributed by atoms with E-state index in [0.29, 0.717) is 5.75 Å². The van der Waals surface area contributed by atoms with Gasteiger partial charge in [-0.3, -0.25) is 9.97 Å². The smallest absolute Gasteiger partial charge is 0.137 e. The van der Waals surface area contributed by atoms with Crippen molar-refractivity contribution in [1.82, 2.24) is 15.0 Å². The third-order valence-corrected chi connectivity index (χ3v) is 5.04. The van der Waals surface area contributed by atoms with E-state index in [2.05, 4.69) is 9.97 Å². The summed E-state index contributed by atoms with van der Waals surface area (Å²) in [6.07, 6.45) is 6.92. The summed E-state index contributed by atoms with van der Waals surface area (Å²) < 4.78 is 18.5. The van der Waals surface area contributed by atoms with E-state index in [1.165, 1.54) is 12.1 Å². The fourth-order valence-electron chi connectivity index (χ4n) is 2.59. The molecule has 4 nitrogen and oxygen atoms in total. The lowest BCUT2D eigenvalue weighted by molar-refractivity contribution is 0.413. The summed E-state index contributed by atoms with van der Waals surface area (Å²) in [6, 6.07) is 12.1. The van der Waals surface area contributed by atoms with Crippen LogP contribution < -0.4 is 4.74 Å². The van der Waals surface area contributed by atoms with E-state index in [9.17, 15) is 4.39 Å². The van der Waals surface area contributed by atoms with Crippen LogP contribution in [0.5, 0.6) is 5.75 Å². The topological polar surface area (TPSA) is 47.9 Å². The predicted octanol–water partition coefficient (Wildman–Crippen LogP) is 5.08. The van der Waals surface area contributed by atoms with Gasteiger partial charge in [0.2, 0.25) is 0 Å². The van der Waals surface area contributed by atoms with Crippen molar-refractivity contribution < 1.29 is 9.13 Å². The molecule has 0 fully saturated rings. The molecule has 0 bridgehead atoms. The molecule has 4 rings (SSSR count). The van der Waals surface area contributed by atoms with Gasteiger partial charge >= 0.3 is 0 Å². The van der Waals surface area contributed by atoms with Gasteiger partial charge in [0.05, 0.1) is 23.9 Å². The van der Waals surface area contributed by atoms with E-state index in [4.69, 9.17) is 9.72 Å². The average Bonchev–Trinajstić information content (AvgIpc) is 3.15. The van der Waals surface area contributed by atoms with Gasteiger partial charge in [-0.15, -0.1) is 11.3 Å². The lowest BCUT2D eigenvalue weighted by atomic mass is 10.1. The van der Waals surface area contributed by atoms with Gasteiger partial charge in [-0.2, -0.15) is 0 Å². The first-order valence-electron chi connectivity index (χ1n) is 7.91. The van der Waals surface area contributed by atoms with Gasteiger partial charge in [-0.1, -0.05) is 0 Å². The minimum absolute atomic E-state index is 0.267. The van der Waals surface area contributed by atoms with E-state index < -0.39 is 0 Å². The van der Waals surface area contributed by atoms with E-state index in [1.807, 2.05) is 18.2 Å². The maximum Gasteiger partial charge on any atom is 0.137 e. The number of methoxy groups -OCH3 is 1. The van der Waals surface area contributed by atoms with Crippen LogP contribution in [0, 0.1) is 5.82 Å². The van der Waals surface area contributed by atoms with E-state index in [1.54, 1.807) is 55.4 Å². The Morgan fingerprint density at radius 2 is 1.65 bits per heavy atom. The summed E-state index contributed by atoms with van der Waals surface area (Å²) in [5.74, 6) is 0.399. The zero-order valence-corrected chi connectivity index (χ0v) is 14.7. The lowest BCUT2D eigenvalue weighted by Crippen LogP contribution is -1.88. The fraction of sp³-hybridized carbons (Fsp3) is 0.0500. The van der Waals surface area contributed by atoms with Gasteiger partial charge in [0.25, 0.3) is 0 Å². The van der Waals surface area contributed by atoms with Crippen LogP contribution in [0.2, 0.25) is 0 Å². The van der Waals surface area contributed by atoms with Crippen LogP contribution in [0.15, 0.2) is 67.3 Å². The monoisotopic (exact) mass is 363 g/mol. The first kappa shape index (κ1) is 16.4. The van der Waals surface area contributed by atoms with Crippen LogP contribution >= 0.6 is 11.3 Å². The largest absolute Gasteiger partial charge is 0.495 e. The first-order chi connectivity index (χ1) is 12.7. The molecule has 0 unspecified atom stereocenters. The molecular formula is C20H14FN3OS. The highest BCUT2D eigenvalue weighted by atomic mass is 32.1. The molecule has 0 saturated heterocycles. The molecule has 0 amide bonds. The standard InChI is InChI=1S/C20H14FN3OS/c1-25-17-10-15(11-23-12-17)18-19(13-6-8-22-9-7-13)26-20(24-18)14-2-4-16(21)5-3-14/h2-12H,1H3. The molecule has 0 aliphatic heterocycles. The normalized spacial score (nSPS) is 10.7. The Morgan fingerprint density at radius 1 is 0.885 bits per heavy atom. The summed E-state index contributed by atoms with van der Waals surface area (Å²) in [5.41, 5.74) is 3.56. The van der Waals surface area contributed by atoms with Crippen molar-refractivity contribution >= 4 is 11.3 Å². The van der Waals surface area contributed by atoms with Crippen LogP contribution in [-0.2, 0) is 0 Å². The van der Waals surface area contributed by atoms with E-state index >= 15 is 0 Å². The number of benzene rings is 1. The molecule has 6 heteroatoms. The SMILES string of the molecule is COc1cncc(-c2nc(-c3ccc(F)cc3)sc2-c2ccncc2)c1. The summed E-state index contributed by atoms with van der Waals surface area (Å²) in [5, 5.41) is 0.814. The number of ether oxygens (including phenoxy) is 1. The van der Waals surface area contributed by atoms with Gasteiger partial charge in [-0.05, 0) is 48.0 Å². The zero-order valence-electron chi connectivity index (χ0n) is 13.9. The summed E-state index contributed by atoms with van der Waals surface area (Å²) >= 11 is 1.55. The van der Waals surface area contributed by atoms with Crippen molar-refractivity contribution in [3.05, 3.63) is 73.1 Å². The van der Waals surface area contributed by atoms with Crippen molar-refractivity contribution in [1.29, 1.82) is 0 Å². The Morgan fingerprint density at radius 3 is 2.38 bits per heavy atom. The van der Waals surface area contributed by atoms with Crippen molar-refractivity contribution in [2.45, 2.75) is 0 Å². The minimum atomic E-state index is -0.267. The molecule has 3 aromatic heterocycles. The van der Waals surface area contributed by atoms with Crippen LogP contribution in [0.4, 0.5) is 4.39 Å². The van der Waals surface area contributed by atoms with E-state index in [-0.39, 0.29) is 5.82 Å². The molecule has 0 atom stereocenters. The van der Waals surface area contributed by atoms with Crippen molar-refractivity contribution in [2.24, 2.45) is 0 Å². The highest BCUT2D eigenvalue weighted by Gasteiger charge is 2.17. The maximum absolute atomic E-state index is 13.3. The Labute approximate surface area is 154 Å². The zero-order chi connectivity index (χ0) is 17.9. The highest BCUT2D eigenvalue weighted by Crippen LogP contribution is 2.40. The van der Waals surface area contributed by atoms with E-state index in [0.717, 1.165) is 32.3 Å². The molecule has 0 radical (unpaired) electrons. The van der Waals surface area contributed by atoms with Crippen LogP contribution in [-0.4, -0.2) is 22.1 Å². The number of hydrogen-bond acceptors (Lipinski definition) is 5. The quantitative estimate of drug-likeness (QED) is 0.507.